The molecule has 5 heteroatoms. The minimum absolute atomic E-state index is 0.0571. The van der Waals surface area contributed by atoms with Gasteiger partial charge in [-0.2, -0.15) is 0 Å². The van der Waals surface area contributed by atoms with E-state index in [0.29, 0.717) is 5.02 Å². The summed E-state index contributed by atoms with van der Waals surface area (Å²) in [5.41, 5.74) is 7.62. The Morgan fingerprint density at radius 3 is 2.82 bits per heavy atom. The second kappa shape index (κ2) is 5.04. The number of methoxy groups -OCH3 is 1. The maximum Gasteiger partial charge on any atom is 0.130 e. The number of nitrogens with zero attached hydrogens (tertiary/aromatic N) is 1. The smallest absolute Gasteiger partial charge is 0.130 e. The molecule has 0 aliphatic carbocycles. The van der Waals surface area contributed by atoms with Gasteiger partial charge in [0.15, 0.2) is 0 Å². The van der Waals surface area contributed by atoms with Crippen molar-refractivity contribution in [2.75, 3.05) is 7.11 Å². The molecular formula is C12H13ClN2OS. The zero-order valence-electron chi connectivity index (χ0n) is 9.61. The van der Waals surface area contributed by atoms with Crippen LogP contribution in [0.4, 0.5) is 0 Å². The number of aromatic nitrogens is 1. The van der Waals surface area contributed by atoms with Crippen LogP contribution >= 0.6 is 22.9 Å². The van der Waals surface area contributed by atoms with Gasteiger partial charge in [0.1, 0.15) is 10.8 Å². The van der Waals surface area contributed by atoms with E-state index in [1.54, 1.807) is 24.5 Å². The Bertz CT molecular complexity index is 525. The van der Waals surface area contributed by atoms with E-state index in [1.807, 2.05) is 24.4 Å². The topological polar surface area (TPSA) is 48.1 Å². The normalized spacial score (nSPS) is 12.5. The van der Waals surface area contributed by atoms with E-state index in [2.05, 4.69) is 4.98 Å². The monoisotopic (exact) mass is 268 g/mol. The van der Waals surface area contributed by atoms with Crippen LogP contribution in [0.3, 0.4) is 0 Å². The van der Waals surface area contributed by atoms with Gasteiger partial charge in [-0.15, -0.1) is 11.3 Å². The Balaban J connectivity index is 2.44. The largest absolute Gasteiger partial charge is 0.496 e. The van der Waals surface area contributed by atoms with Crippen molar-refractivity contribution >= 4 is 22.9 Å². The summed E-state index contributed by atoms with van der Waals surface area (Å²) in [4.78, 5) is 4.49. The van der Waals surface area contributed by atoms with E-state index in [4.69, 9.17) is 22.1 Å². The Morgan fingerprint density at radius 2 is 2.24 bits per heavy atom. The molecule has 0 radical (unpaired) electrons. The summed E-state index contributed by atoms with van der Waals surface area (Å²) in [6.07, 6.45) is 0. The van der Waals surface area contributed by atoms with E-state index in [0.717, 1.165) is 22.0 Å². The molecule has 0 bridgehead atoms. The highest BCUT2D eigenvalue weighted by molar-refractivity contribution is 7.13. The Hall–Kier alpha value is -1.10. The fourth-order valence-electron chi connectivity index (χ4n) is 1.46. The molecule has 0 aliphatic rings. The number of nitrogens with two attached hydrogens (primary N) is 1. The van der Waals surface area contributed by atoms with Crippen molar-refractivity contribution < 1.29 is 4.74 Å². The van der Waals surface area contributed by atoms with Crippen molar-refractivity contribution in [2.45, 2.75) is 13.0 Å². The number of benzene rings is 1. The number of hydrogen-bond acceptors (Lipinski definition) is 4. The Labute approximate surface area is 109 Å². The molecule has 0 amide bonds. The highest BCUT2D eigenvalue weighted by Gasteiger charge is 2.12. The predicted octanol–water partition coefficient (Wildman–Crippen LogP) is 3.49. The lowest BCUT2D eigenvalue weighted by molar-refractivity contribution is 0.416. The third-order valence-electron chi connectivity index (χ3n) is 2.38. The quantitative estimate of drug-likeness (QED) is 0.927. The fourth-order valence-corrected chi connectivity index (χ4v) is 2.58. The molecule has 1 unspecified atom stereocenters. The van der Waals surface area contributed by atoms with Crippen LogP contribution in [0, 0.1) is 0 Å². The van der Waals surface area contributed by atoms with Gasteiger partial charge < -0.3 is 10.5 Å². The first-order valence-electron chi connectivity index (χ1n) is 5.16. The van der Waals surface area contributed by atoms with Crippen molar-refractivity contribution in [3.8, 4) is 16.3 Å². The Kier molecular flexibility index (Phi) is 3.66. The van der Waals surface area contributed by atoms with E-state index in [9.17, 15) is 0 Å². The second-order valence-corrected chi connectivity index (χ2v) is 5.01. The zero-order valence-corrected chi connectivity index (χ0v) is 11.2. The summed E-state index contributed by atoms with van der Waals surface area (Å²) in [7, 11) is 1.62. The Morgan fingerprint density at radius 1 is 1.47 bits per heavy atom. The molecule has 0 spiro atoms. The van der Waals surface area contributed by atoms with Gasteiger partial charge in [0.05, 0.1) is 18.4 Å². The first-order chi connectivity index (χ1) is 8.11. The summed E-state index contributed by atoms with van der Waals surface area (Å²) in [5.74, 6) is 0.725. The van der Waals surface area contributed by atoms with Crippen LogP contribution in [0.2, 0.25) is 5.02 Å². The van der Waals surface area contributed by atoms with E-state index in [1.165, 1.54) is 0 Å². The summed E-state index contributed by atoms with van der Waals surface area (Å²) >= 11 is 7.47. The van der Waals surface area contributed by atoms with Gasteiger partial charge in [-0.25, -0.2) is 4.98 Å². The summed E-state index contributed by atoms with van der Waals surface area (Å²) in [6, 6.07) is 5.46. The fraction of sp³-hybridized carbons (Fsp3) is 0.250. The molecule has 0 aliphatic heterocycles. The highest BCUT2D eigenvalue weighted by Crippen LogP contribution is 2.34. The molecule has 1 heterocycles. The highest BCUT2D eigenvalue weighted by atomic mass is 35.5. The number of thiazole rings is 1. The summed E-state index contributed by atoms with van der Waals surface area (Å²) in [6.45, 7) is 1.91. The number of rotatable bonds is 3. The van der Waals surface area contributed by atoms with Crippen LogP contribution in [0.1, 0.15) is 18.7 Å². The van der Waals surface area contributed by atoms with E-state index < -0.39 is 0 Å². The molecule has 0 saturated heterocycles. The van der Waals surface area contributed by atoms with Gasteiger partial charge in [-0.3, -0.25) is 0 Å². The molecule has 0 fully saturated rings. The van der Waals surface area contributed by atoms with Crippen LogP contribution in [0.15, 0.2) is 23.6 Å². The third kappa shape index (κ3) is 2.60. The van der Waals surface area contributed by atoms with Crippen molar-refractivity contribution in [3.63, 3.8) is 0 Å². The van der Waals surface area contributed by atoms with Crippen molar-refractivity contribution in [1.82, 2.24) is 4.98 Å². The average Bonchev–Trinajstić information content (AvgIpc) is 2.78. The lowest BCUT2D eigenvalue weighted by atomic mass is 10.2. The molecule has 1 aromatic heterocycles. The number of halogens is 1. The lowest BCUT2D eigenvalue weighted by Crippen LogP contribution is -2.04. The zero-order chi connectivity index (χ0) is 12.4. The minimum atomic E-state index is -0.0571. The van der Waals surface area contributed by atoms with E-state index in [-0.39, 0.29) is 6.04 Å². The molecule has 17 heavy (non-hydrogen) atoms. The first-order valence-corrected chi connectivity index (χ1v) is 6.42. The maximum atomic E-state index is 5.92. The van der Waals surface area contributed by atoms with Crippen LogP contribution in [-0.2, 0) is 0 Å². The van der Waals surface area contributed by atoms with Crippen LogP contribution in [-0.4, -0.2) is 12.1 Å². The first kappa shape index (κ1) is 12.4. The third-order valence-corrected chi connectivity index (χ3v) is 3.51. The van der Waals surface area contributed by atoms with Crippen molar-refractivity contribution in [2.24, 2.45) is 5.73 Å². The minimum Gasteiger partial charge on any atom is -0.496 e. The maximum absolute atomic E-state index is 5.92. The van der Waals surface area contributed by atoms with Crippen molar-refractivity contribution in [3.05, 3.63) is 34.3 Å². The molecule has 0 saturated carbocycles. The van der Waals surface area contributed by atoms with Crippen LogP contribution in [0.25, 0.3) is 10.6 Å². The average molecular weight is 269 g/mol. The van der Waals surface area contributed by atoms with Gasteiger partial charge in [-0.05, 0) is 25.1 Å². The standard InChI is InChI=1S/C12H13ClN2OS/c1-7(14)10-6-17-12(15-10)9-4-3-8(13)5-11(9)16-2/h3-7H,14H2,1-2H3. The van der Waals surface area contributed by atoms with Crippen molar-refractivity contribution in [1.29, 1.82) is 0 Å². The molecular weight excluding hydrogens is 256 g/mol. The van der Waals surface area contributed by atoms with Crippen LogP contribution < -0.4 is 10.5 Å². The van der Waals surface area contributed by atoms with Gasteiger partial charge in [0.25, 0.3) is 0 Å². The molecule has 2 rings (SSSR count). The van der Waals surface area contributed by atoms with Crippen LogP contribution in [0.5, 0.6) is 5.75 Å². The number of hydrogen-bond donors (Lipinski definition) is 1. The molecule has 1 aromatic carbocycles. The molecule has 90 valence electrons. The van der Waals surface area contributed by atoms with Gasteiger partial charge in [0, 0.05) is 16.4 Å². The SMILES string of the molecule is COc1cc(Cl)ccc1-c1nc(C(C)N)cs1. The molecule has 2 N–H and O–H groups in total. The predicted molar refractivity (Wildman–Crippen MR) is 71.7 cm³/mol. The van der Waals surface area contributed by atoms with E-state index >= 15 is 0 Å². The number of ether oxygens (including phenoxy) is 1. The van der Waals surface area contributed by atoms with Gasteiger partial charge in [-0.1, -0.05) is 11.6 Å². The van der Waals surface area contributed by atoms with Gasteiger partial charge in [0.2, 0.25) is 0 Å². The summed E-state index contributed by atoms with van der Waals surface area (Å²) < 4.78 is 5.30. The summed E-state index contributed by atoms with van der Waals surface area (Å²) in [5, 5.41) is 3.51. The molecule has 3 nitrogen and oxygen atoms in total. The molecule has 1 atom stereocenters. The second-order valence-electron chi connectivity index (χ2n) is 3.71. The molecule has 2 aromatic rings. The van der Waals surface area contributed by atoms with Gasteiger partial charge >= 0.3 is 0 Å². The lowest BCUT2D eigenvalue weighted by Gasteiger charge is -2.06.